The number of ether oxygens (including phenoxy) is 2. The lowest BCUT2D eigenvalue weighted by atomic mass is 9.81. The second-order valence-corrected chi connectivity index (χ2v) is 4.88. The number of aliphatic hydroxyl groups is 1. The van der Waals surface area contributed by atoms with Gasteiger partial charge in [0.1, 0.15) is 11.6 Å². The first-order valence-corrected chi connectivity index (χ1v) is 6.79. The number of methoxy groups -OCH3 is 2. The highest BCUT2D eigenvalue weighted by molar-refractivity contribution is 5.77. The van der Waals surface area contributed by atoms with Crippen molar-refractivity contribution < 1.29 is 28.2 Å². The van der Waals surface area contributed by atoms with Crippen molar-refractivity contribution in [2.75, 3.05) is 14.2 Å². The van der Waals surface area contributed by atoms with Crippen molar-refractivity contribution in [3.63, 3.8) is 0 Å². The normalized spacial score (nSPS) is 12.7. The smallest absolute Gasteiger partial charge is 0.338 e. The molecule has 2 aromatic rings. The van der Waals surface area contributed by atoms with Crippen LogP contribution < -0.4 is 0 Å². The molecule has 0 saturated carbocycles. The summed E-state index contributed by atoms with van der Waals surface area (Å²) in [7, 11) is 2.42. The van der Waals surface area contributed by atoms with Crippen LogP contribution in [0.1, 0.15) is 11.1 Å². The Hall–Kier alpha value is -2.31. The summed E-state index contributed by atoms with van der Waals surface area (Å²) in [6.45, 7) is 0. The topological polar surface area (TPSA) is 55.8 Å². The summed E-state index contributed by atoms with van der Waals surface area (Å²) in [5.74, 6) is -1.89. The Labute approximate surface area is 132 Å². The highest BCUT2D eigenvalue weighted by Gasteiger charge is 2.46. The van der Waals surface area contributed by atoms with Crippen LogP contribution in [0.25, 0.3) is 0 Å². The maximum atomic E-state index is 13.2. The van der Waals surface area contributed by atoms with Crippen LogP contribution in [-0.4, -0.2) is 31.4 Å². The number of carbonyl (C=O) groups excluding carboxylic acids is 1. The lowest BCUT2D eigenvalue weighted by Crippen LogP contribution is -2.47. The quantitative estimate of drug-likeness (QED) is 0.859. The molecule has 2 aromatic carbocycles. The second-order valence-electron chi connectivity index (χ2n) is 4.88. The molecule has 0 bridgehead atoms. The van der Waals surface area contributed by atoms with Gasteiger partial charge in [0.05, 0.1) is 7.11 Å². The first kappa shape index (κ1) is 17.1. The number of aliphatic hydroxyl groups excluding tert-OH is 1. The van der Waals surface area contributed by atoms with Crippen LogP contribution in [0.3, 0.4) is 0 Å². The average molecular weight is 322 g/mol. The summed E-state index contributed by atoms with van der Waals surface area (Å²) < 4.78 is 36.5. The van der Waals surface area contributed by atoms with E-state index in [0.717, 1.165) is 7.11 Å². The standard InChI is InChI=1S/C17H16F2O4/c1-22-16(21)15(20)17(23-2,11-3-7-13(18)8-4-11)12-5-9-14(19)10-6-12/h3-10,15,20H,1-2H3. The van der Waals surface area contributed by atoms with Gasteiger partial charge in [0, 0.05) is 7.11 Å². The number of rotatable bonds is 5. The van der Waals surface area contributed by atoms with Crippen molar-refractivity contribution >= 4 is 5.97 Å². The number of carbonyl (C=O) groups is 1. The molecule has 0 aromatic heterocycles. The number of hydrogen-bond acceptors (Lipinski definition) is 4. The maximum Gasteiger partial charge on any atom is 0.338 e. The van der Waals surface area contributed by atoms with E-state index in [-0.39, 0.29) is 0 Å². The zero-order chi connectivity index (χ0) is 17.0. The summed E-state index contributed by atoms with van der Waals surface area (Å²) in [6.07, 6.45) is -1.73. The van der Waals surface area contributed by atoms with E-state index < -0.39 is 29.3 Å². The van der Waals surface area contributed by atoms with Crippen LogP contribution in [0, 0.1) is 11.6 Å². The Morgan fingerprint density at radius 1 is 0.957 bits per heavy atom. The molecular formula is C17H16F2O4. The first-order chi connectivity index (χ1) is 11.0. The Bertz CT molecular complexity index is 622. The third-order valence-electron chi connectivity index (χ3n) is 3.68. The van der Waals surface area contributed by atoms with E-state index in [4.69, 9.17) is 4.74 Å². The fraction of sp³-hybridized carbons (Fsp3) is 0.235. The molecule has 4 nitrogen and oxygen atoms in total. The predicted molar refractivity (Wildman–Crippen MR) is 78.6 cm³/mol. The summed E-state index contributed by atoms with van der Waals surface area (Å²) in [5.41, 5.74) is -1.01. The van der Waals surface area contributed by atoms with Crippen LogP contribution in [0.5, 0.6) is 0 Å². The van der Waals surface area contributed by atoms with Crippen LogP contribution in [0.4, 0.5) is 8.78 Å². The molecule has 23 heavy (non-hydrogen) atoms. The van der Waals surface area contributed by atoms with Crippen molar-refractivity contribution in [1.29, 1.82) is 0 Å². The van der Waals surface area contributed by atoms with Gasteiger partial charge in [-0.2, -0.15) is 0 Å². The Morgan fingerprint density at radius 2 is 1.35 bits per heavy atom. The molecule has 0 amide bonds. The molecule has 0 fully saturated rings. The molecule has 6 heteroatoms. The van der Waals surface area contributed by atoms with Gasteiger partial charge in [-0.3, -0.25) is 0 Å². The Morgan fingerprint density at radius 3 is 1.65 bits per heavy atom. The fourth-order valence-electron chi connectivity index (χ4n) is 2.50. The molecule has 1 unspecified atom stereocenters. The minimum atomic E-state index is -1.73. The van der Waals surface area contributed by atoms with E-state index in [1.165, 1.54) is 55.6 Å². The first-order valence-electron chi connectivity index (χ1n) is 6.79. The molecule has 2 rings (SSSR count). The fourth-order valence-corrected chi connectivity index (χ4v) is 2.50. The third-order valence-corrected chi connectivity index (χ3v) is 3.68. The lowest BCUT2D eigenvalue weighted by Gasteiger charge is -2.36. The van der Waals surface area contributed by atoms with Crippen molar-refractivity contribution in [1.82, 2.24) is 0 Å². The summed E-state index contributed by atoms with van der Waals surface area (Å²) in [5, 5.41) is 10.5. The number of hydrogen-bond donors (Lipinski definition) is 1. The second kappa shape index (κ2) is 6.85. The van der Waals surface area contributed by atoms with Gasteiger partial charge in [-0.15, -0.1) is 0 Å². The Balaban J connectivity index is 2.67. The van der Waals surface area contributed by atoms with E-state index in [2.05, 4.69) is 4.74 Å². The van der Waals surface area contributed by atoms with Crippen LogP contribution in [0.15, 0.2) is 48.5 Å². The Kier molecular flexibility index (Phi) is 5.08. The number of halogens is 2. The van der Waals surface area contributed by atoms with Crippen molar-refractivity contribution in [2.45, 2.75) is 11.7 Å². The van der Waals surface area contributed by atoms with Crippen molar-refractivity contribution in [2.24, 2.45) is 0 Å². The molecule has 0 radical (unpaired) electrons. The molecular weight excluding hydrogens is 306 g/mol. The van der Waals surface area contributed by atoms with Gasteiger partial charge in [-0.25, -0.2) is 13.6 Å². The SMILES string of the molecule is COC(=O)C(O)C(OC)(c1ccc(F)cc1)c1ccc(F)cc1. The van der Waals surface area contributed by atoms with Gasteiger partial charge >= 0.3 is 5.97 Å². The van der Waals surface area contributed by atoms with Gasteiger partial charge in [0.25, 0.3) is 0 Å². The molecule has 0 saturated heterocycles. The highest BCUT2D eigenvalue weighted by Crippen LogP contribution is 2.37. The molecule has 0 spiro atoms. The maximum absolute atomic E-state index is 13.2. The molecule has 1 atom stereocenters. The molecule has 0 aliphatic carbocycles. The predicted octanol–water partition coefficient (Wildman–Crippen LogP) is 2.39. The van der Waals surface area contributed by atoms with E-state index in [1.807, 2.05) is 0 Å². The highest BCUT2D eigenvalue weighted by atomic mass is 19.1. The lowest BCUT2D eigenvalue weighted by molar-refractivity contribution is -0.167. The number of esters is 1. The van der Waals surface area contributed by atoms with E-state index in [0.29, 0.717) is 11.1 Å². The molecule has 122 valence electrons. The zero-order valence-corrected chi connectivity index (χ0v) is 12.6. The van der Waals surface area contributed by atoms with Crippen molar-refractivity contribution in [3.05, 3.63) is 71.3 Å². The van der Waals surface area contributed by atoms with E-state index >= 15 is 0 Å². The number of benzene rings is 2. The van der Waals surface area contributed by atoms with Crippen molar-refractivity contribution in [3.8, 4) is 0 Å². The van der Waals surface area contributed by atoms with E-state index in [1.54, 1.807) is 0 Å². The monoisotopic (exact) mass is 322 g/mol. The molecule has 0 heterocycles. The van der Waals surface area contributed by atoms with Crippen LogP contribution >= 0.6 is 0 Å². The molecule has 0 aliphatic heterocycles. The van der Waals surface area contributed by atoms with Gasteiger partial charge in [-0.1, -0.05) is 24.3 Å². The summed E-state index contributed by atoms with van der Waals surface area (Å²) >= 11 is 0. The van der Waals surface area contributed by atoms with Gasteiger partial charge in [0.15, 0.2) is 11.7 Å². The van der Waals surface area contributed by atoms with Gasteiger partial charge in [0.2, 0.25) is 0 Å². The average Bonchev–Trinajstić information content (AvgIpc) is 2.58. The molecule has 1 N–H and O–H groups in total. The minimum absolute atomic E-state index is 0.325. The summed E-state index contributed by atoms with van der Waals surface area (Å²) in [6, 6.07) is 10.2. The van der Waals surface area contributed by atoms with E-state index in [9.17, 15) is 18.7 Å². The third kappa shape index (κ3) is 3.09. The van der Waals surface area contributed by atoms with Crippen LogP contribution in [-0.2, 0) is 19.9 Å². The zero-order valence-electron chi connectivity index (χ0n) is 12.6. The molecule has 0 aliphatic rings. The van der Waals surface area contributed by atoms with Crippen LogP contribution in [0.2, 0.25) is 0 Å². The largest absolute Gasteiger partial charge is 0.467 e. The minimum Gasteiger partial charge on any atom is -0.467 e. The van der Waals surface area contributed by atoms with Gasteiger partial charge < -0.3 is 14.6 Å². The van der Waals surface area contributed by atoms with Gasteiger partial charge in [-0.05, 0) is 35.4 Å². The summed E-state index contributed by atoms with van der Waals surface area (Å²) in [4.78, 5) is 11.9.